The second-order valence-electron chi connectivity index (χ2n) is 7.43. The van der Waals surface area contributed by atoms with E-state index in [9.17, 15) is 8.42 Å². The Morgan fingerprint density at radius 1 is 0.906 bits per heavy atom. The van der Waals surface area contributed by atoms with Gasteiger partial charge in [0, 0.05) is 30.6 Å². The molecule has 0 spiro atoms. The van der Waals surface area contributed by atoms with E-state index in [0.29, 0.717) is 40.1 Å². The van der Waals surface area contributed by atoms with Crippen LogP contribution >= 0.6 is 0 Å². The highest BCUT2D eigenvalue weighted by molar-refractivity contribution is 7.93. The third kappa shape index (κ3) is 5.64. The van der Waals surface area contributed by atoms with Gasteiger partial charge in [-0.25, -0.2) is 13.4 Å². The molecular formula is C23H30N2O6S. The Bertz CT molecular complexity index is 1040. The van der Waals surface area contributed by atoms with Gasteiger partial charge >= 0.3 is 0 Å². The van der Waals surface area contributed by atoms with Crippen molar-refractivity contribution in [3.05, 3.63) is 40.9 Å². The molecule has 8 nitrogen and oxygen atoms in total. The summed E-state index contributed by atoms with van der Waals surface area (Å²) >= 11 is 0. The van der Waals surface area contributed by atoms with Gasteiger partial charge < -0.3 is 23.8 Å². The molecule has 1 aliphatic rings. The zero-order valence-electron chi connectivity index (χ0n) is 19.0. The summed E-state index contributed by atoms with van der Waals surface area (Å²) in [6.45, 7) is 1.77. The highest BCUT2D eigenvalue weighted by atomic mass is 32.2. The van der Waals surface area contributed by atoms with Crippen LogP contribution in [0.25, 0.3) is 6.08 Å². The molecule has 0 unspecified atom stereocenters. The minimum atomic E-state index is -3.61. The molecule has 0 bridgehead atoms. The van der Waals surface area contributed by atoms with Gasteiger partial charge in [-0.1, -0.05) is 0 Å². The molecule has 174 valence electrons. The summed E-state index contributed by atoms with van der Waals surface area (Å²) < 4.78 is 47.2. The zero-order chi connectivity index (χ0) is 23.1. The molecule has 1 saturated heterocycles. The summed E-state index contributed by atoms with van der Waals surface area (Å²) in [4.78, 5) is 6.77. The SMILES string of the molecule is COc1cc(OC)c(C=CS(=O)(=O)Cc2ccc(OC)c(N3CCCCC3)n2)c(OC)c1. The van der Waals surface area contributed by atoms with E-state index in [0.717, 1.165) is 31.3 Å². The fourth-order valence-corrected chi connectivity index (χ4v) is 4.68. The van der Waals surface area contributed by atoms with E-state index in [-0.39, 0.29) is 5.75 Å². The van der Waals surface area contributed by atoms with Crippen molar-refractivity contribution in [3.8, 4) is 23.0 Å². The van der Waals surface area contributed by atoms with Crippen LogP contribution in [-0.4, -0.2) is 54.9 Å². The quantitative estimate of drug-likeness (QED) is 0.558. The minimum absolute atomic E-state index is 0.227. The second kappa shape index (κ2) is 10.6. The van der Waals surface area contributed by atoms with Crippen molar-refractivity contribution in [2.45, 2.75) is 25.0 Å². The van der Waals surface area contributed by atoms with Crippen LogP contribution in [0.1, 0.15) is 30.5 Å². The molecule has 0 radical (unpaired) electrons. The average molecular weight is 463 g/mol. The van der Waals surface area contributed by atoms with E-state index in [1.54, 1.807) is 31.4 Å². The number of ether oxygens (including phenoxy) is 4. The fraction of sp³-hybridized carbons (Fsp3) is 0.435. The minimum Gasteiger partial charge on any atom is -0.496 e. The molecule has 3 rings (SSSR count). The second-order valence-corrected chi connectivity index (χ2v) is 9.32. The predicted octanol–water partition coefficient (Wildman–Crippen LogP) is 3.69. The van der Waals surface area contributed by atoms with Crippen LogP contribution in [-0.2, 0) is 15.6 Å². The van der Waals surface area contributed by atoms with Crippen molar-refractivity contribution in [2.24, 2.45) is 0 Å². The summed E-state index contributed by atoms with van der Waals surface area (Å²) in [6.07, 6.45) is 4.83. The molecule has 9 heteroatoms. The van der Waals surface area contributed by atoms with Gasteiger partial charge in [0.25, 0.3) is 0 Å². The van der Waals surface area contributed by atoms with Gasteiger partial charge in [-0.2, -0.15) is 0 Å². The first-order chi connectivity index (χ1) is 15.4. The molecule has 1 aromatic heterocycles. The molecule has 0 amide bonds. The van der Waals surface area contributed by atoms with Crippen molar-refractivity contribution < 1.29 is 27.4 Å². The van der Waals surface area contributed by atoms with Crippen molar-refractivity contribution in [1.82, 2.24) is 4.98 Å². The summed E-state index contributed by atoms with van der Waals surface area (Å²) in [5.41, 5.74) is 0.973. The Morgan fingerprint density at radius 3 is 2.09 bits per heavy atom. The van der Waals surface area contributed by atoms with Gasteiger partial charge in [0.1, 0.15) is 17.2 Å². The van der Waals surface area contributed by atoms with E-state index in [1.807, 2.05) is 0 Å². The smallest absolute Gasteiger partial charge is 0.177 e. The lowest BCUT2D eigenvalue weighted by Gasteiger charge is -2.29. The molecule has 0 N–H and O–H groups in total. The number of aromatic nitrogens is 1. The first kappa shape index (κ1) is 23.7. The van der Waals surface area contributed by atoms with Crippen LogP contribution in [0, 0.1) is 0 Å². The van der Waals surface area contributed by atoms with Crippen LogP contribution in [0.3, 0.4) is 0 Å². The maximum atomic E-state index is 12.9. The average Bonchev–Trinajstić information content (AvgIpc) is 2.82. The summed E-state index contributed by atoms with van der Waals surface area (Å²) in [6, 6.07) is 6.81. The summed E-state index contributed by atoms with van der Waals surface area (Å²) in [7, 11) is 2.53. The first-order valence-electron chi connectivity index (χ1n) is 10.4. The lowest BCUT2D eigenvalue weighted by Crippen LogP contribution is -2.30. The Kier molecular flexibility index (Phi) is 7.84. The number of rotatable bonds is 9. The topological polar surface area (TPSA) is 87.2 Å². The van der Waals surface area contributed by atoms with E-state index in [1.165, 1.54) is 33.8 Å². The van der Waals surface area contributed by atoms with Crippen molar-refractivity contribution in [2.75, 3.05) is 46.4 Å². The van der Waals surface area contributed by atoms with Gasteiger partial charge in [0.15, 0.2) is 21.4 Å². The highest BCUT2D eigenvalue weighted by Crippen LogP contribution is 2.35. The normalized spacial score (nSPS) is 14.4. The molecule has 0 atom stereocenters. The van der Waals surface area contributed by atoms with E-state index in [4.69, 9.17) is 18.9 Å². The summed E-state index contributed by atoms with van der Waals surface area (Å²) in [5.74, 6) is 2.56. The molecule has 1 fully saturated rings. The van der Waals surface area contributed by atoms with Crippen molar-refractivity contribution in [3.63, 3.8) is 0 Å². The maximum absolute atomic E-state index is 12.9. The first-order valence-corrected chi connectivity index (χ1v) is 12.1. The largest absolute Gasteiger partial charge is 0.496 e. The van der Waals surface area contributed by atoms with Gasteiger partial charge in [-0.15, -0.1) is 0 Å². The Labute approximate surface area is 189 Å². The van der Waals surface area contributed by atoms with Crippen LogP contribution in [0.15, 0.2) is 29.7 Å². The number of hydrogen-bond acceptors (Lipinski definition) is 8. The van der Waals surface area contributed by atoms with Gasteiger partial charge in [-0.3, -0.25) is 0 Å². The predicted molar refractivity (Wildman–Crippen MR) is 125 cm³/mol. The van der Waals surface area contributed by atoms with Crippen LogP contribution < -0.4 is 23.8 Å². The number of methoxy groups -OCH3 is 4. The number of benzene rings is 1. The lowest BCUT2D eigenvalue weighted by atomic mass is 10.1. The number of anilines is 1. The third-order valence-electron chi connectivity index (χ3n) is 5.32. The van der Waals surface area contributed by atoms with E-state index >= 15 is 0 Å². The Hall–Kier alpha value is -2.94. The number of pyridine rings is 1. The molecule has 32 heavy (non-hydrogen) atoms. The Balaban J connectivity index is 1.86. The number of piperidine rings is 1. The molecule has 1 aromatic carbocycles. The molecule has 2 aromatic rings. The van der Waals surface area contributed by atoms with Crippen LogP contribution in [0.2, 0.25) is 0 Å². The van der Waals surface area contributed by atoms with Crippen LogP contribution in [0.4, 0.5) is 5.82 Å². The zero-order valence-corrected chi connectivity index (χ0v) is 19.8. The highest BCUT2D eigenvalue weighted by Gasteiger charge is 2.19. The van der Waals surface area contributed by atoms with Crippen LogP contribution in [0.5, 0.6) is 23.0 Å². The Morgan fingerprint density at radius 2 is 1.53 bits per heavy atom. The number of sulfone groups is 1. The molecule has 1 aliphatic heterocycles. The number of hydrogen-bond donors (Lipinski definition) is 0. The maximum Gasteiger partial charge on any atom is 0.177 e. The van der Waals surface area contributed by atoms with Crippen molar-refractivity contribution in [1.29, 1.82) is 0 Å². The standard InChI is InChI=1S/C23H30N2O6S/c1-28-18-14-21(30-3)19(22(15-18)31-4)10-13-32(26,27)16-17-8-9-20(29-2)23(24-17)25-11-6-5-7-12-25/h8-10,13-15H,5-7,11-12,16H2,1-4H3. The molecule has 0 saturated carbocycles. The number of nitrogens with zero attached hydrogens (tertiary/aromatic N) is 2. The van der Waals surface area contributed by atoms with Gasteiger partial charge in [0.2, 0.25) is 0 Å². The monoisotopic (exact) mass is 462 g/mol. The summed E-state index contributed by atoms with van der Waals surface area (Å²) in [5, 5.41) is 1.16. The van der Waals surface area contributed by atoms with E-state index < -0.39 is 9.84 Å². The lowest BCUT2D eigenvalue weighted by molar-refractivity contribution is 0.374. The molecule has 2 heterocycles. The molecular weight excluding hydrogens is 432 g/mol. The van der Waals surface area contributed by atoms with Gasteiger partial charge in [-0.05, 0) is 37.5 Å². The van der Waals surface area contributed by atoms with Gasteiger partial charge in [0.05, 0.1) is 45.4 Å². The third-order valence-corrected chi connectivity index (χ3v) is 6.57. The molecule has 0 aliphatic carbocycles. The van der Waals surface area contributed by atoms with E-state index in [2.05, 4.69) is 9.88 Å². The fourth-order valence-electron chi connectivity index (χ4n) is 3.67. The van der Waals surface area contributed by atoms with Crippen molar-refractivity contribution >= 4 is 21.7 Å².